The first kappa shape index (κ1) is 29.2. The quantitative estimate of drug-likeness (QED) is 0.186. The standard InChI is InChI=1S/C31H38N4O2/c1-9-20(26(32)36-28(34)22-11-15-24(16-12-22)30(3,4)5)19-21(10-2)27(33)37-29(35)23-13-17-25(18-14-23)31(6,7)8/h9-19,32-35H,1H2,2-8H3/b20-19+,21-10+,32-26?,33-27?,34-28?,35-29?. The van der Waals surface area contributed by atoms with Crippen LogP contribution < -0.4 is 0 Å². The summed E-state index contributed by atoms with van der Waals surface area (Å²) in [6.45, 7) is 18.2. The molecule has 6 heteroatoms. The van der Waals surface area contributed by atoms with Crippen molar-refractivity contribution >= 4 is 23.6 Å². The van der Waals surface area contributed by atoms with Crippen LogP contribution >= 0.6 is 0 Å². The Morgan fingerprint density at radius 3 is 1.30 bits per heavy atom. The second-order valence-corrected chi connectivity index (χ2v) is 10.7. The summed E-state index contributed by atoms with van der Waals surface area (Å²) in [5.41, 5.74) is 4.00. The summed E-state index contributed by atoms with van der Waals surface area (Å²) in [7, 11) is 0. The van der Waals surface area contributed by atoms with Crippen molar-refractivity contribution in [1.29, 1.82) is 21.6 Å². The van der Waals surface area contributed by atoms with E-state index >= 15 is 0 Å². The number of hydrogen-bond acceptors (Lipinski definition) is 6. The number of benzene rings is 2. The van der Waals surface area contributed by atoms with E-state index in [0.29, 0.717) is 16.7 Å². The molecule has 0 amide bonds. The molecule has 0 unspecified atom stereocenters. The highest BCUT2D eigenvalue weighted by atomic mass is 16.5. The Balaban J connectivity index is 2.11. The minimum absolute atomic E-state index is 0.00293. The van der Waals surface area contributed by atoms with Crippen molar-refractivity contribution in [2.75, 3.05) is 0 Å². The molecule has 2 aromatic carbocycles. The molecule has 0 aliphatic heterocycles. The van der Waals surface area contributed by atoms with Gasteiger partial charge in [-0.3, -0.25) is 21.6 Å². The molecule has 0 saturated carbocycles. The molecule has 0 spiro atoms. The summed E-state index contributed by atoms with van der Waals surface area (Å²) in [6.07, 6.45) is 4.58. The van der Waals surface area contributed by atoms with E-state index in [1.54, 1.807) is 37.3 Å². The normalized spacial score (nSPS) is 12.5. The Labute approximate surface area is 220 Å². The second kappa shape index (κ2) is 11.8. The van der Waals surface area contributed by atoms with Crippen molar-refractivity contribution in [1.82, 2.24) is 0 Å². The first-order valence-corrected chi connectivity index (χ1v) is 12.1. The van der Waals surface area contributed by atoms with Crippen LogP contribution in [0.25, 0.3) is 0 Å². The highest BCUT2D eigenvalue weighted by Crippen LogP contribution is 2.23. The molecule has 0 saturated heterocycles. The fourth-order valence-corrected chi connectivity index (χ4v) is 3.35. The number of ether oxygens (including phenoxy) is 2. The summed E-state index contributed by atoms with van der Waals surface area (Å²) in [6, 6.07) is 15.0. The van der Waals surface area contributed by atoms with Crippen molar-refractivity contribution < 1.29 is 9.47 Å². The van der Waals surface area contributed by atoms with Crippen LogP contribution in [0.1, 0.15) is 70.7 Å². The molecule has 0 radical (unpaired) electrons. The molecule has 0 bridgehead atoms. The maximum absolute atomic E-state index is 8.36. The Kier molecular flexibility index (Phi) is 9.29. The highest BCUT2D eigenvalue weighted by molar-refractivity contribution is 6.09. The third-order valence-electron chi connectivity index (χ3n) is 5.80. The third kappa shape index (κ3) is 7.97. The Morgan fingerprint density at radius 2 is 1.00 bits per heavy atom. The second-order valence-electron chi connectivity index (χ2n) is 10.7. The van der Waals surface area contributed by atoms with Crippen LogP contribution in [0.15, 0.2) is 84.5 Å². The summed E-state index contributed by atoms with van der Waals surface area (Å²) < 4.78 is 11.0. The lowest BCUT2D eigenvalue weighted by molar-refractivity contribution is 0.535. The van der Waals surface area contributed by atoms with Crippen LogP contribution in [0.2, 0.25) is 0 Å². The van der Waals surface area contributed by atoms with E-state index in [1.165, 1.54) is 12.2 Å². The van der Waals surface area contributed by atoms with Crippen LogP contribution in [0, 0.1) is 21.6 Å². The molecule has 0 atom stereocenters. The molecule has 194 valence electrons. The summed E-state index contributed by atoms with van der Waals surface area (Å²) >= 11 is 0. The van der Waals surface area contributed by atoms with Crippen molar-refractivity contribution in [2.45, 2.75) is 59.3 Å². The van der Waals surface area contributed by atoms with Gasteiger partial charge in [0.2, 0.25) is 23.6 Å². The fraction of sp³-hybridized carbons (Fsp3) is 0.290. The molecule has 4 N–H and O–H groups in total. The SMILES string of the molecule is C=C/C(=C\C(=C/C)C(=N)OC(=N)c1ccc(C(C)(C)C)cc1)C(=N)OC(=N)c1ccc(C(C)(C)C)cc1. The summed E-state index contributed by atoms with van der Waals surface area (Å²) in [4.78, 5) is 0. The average Bonchev–Trinajstić information content (AvgIpc) is 2.83. The molecular formula is C31H38N4O2. The summed E-state index contributed by atoms with van der Waals surface area (Å²) in [5.74, 6) is -0.829. The lowest BCUT2D eigenvalue weighted by atomic mass is 9.87. The minimum Gasteiger partial charge on any atom is -0.421 e. The van der Waals surface area contributed by atoms with Gasteiger partial charge in [-0.2, -0.15) is 0 Å². The Hall–Kier alpha value is -4.06. The van der Waals surface area contributed by atoms with Crippen molar-refractivity contribution in [2.24, 2.45) is 0 Å². The van der Waals surface area contributed by atoms with Gasteiger partial charge in [0.1, 0.15) is 0 Å². The molecule has 6 nitrogen and oxygen atoms in total. The zero-order valence-corrected chi connectivity index (χ0v) is 22.9. The predicted octanol–water partition coefficient (Wildman–Crippen LogP) is 7.68. The van der Waals surface area contributed by atoms with Gasteiger partial charge >= 0.3 is 0 Å². The molecule has 0 heterocycles. The van der Waals surface area contributed by atoms with E-state index < -0.39 is 0 Å². The monoisotopic (exact) mass is 498 g/mol. The smallest absolute Gasteiger partial charge is 0.221 e. The molecule has 2 aromatic rings. The largest absolute Gasteiger partial charge is 0.421 e. The van der Waals surface area contributed by atoms with E-state index in [9.17, 15) is 0 Å². The van der Waals surface area contributed by atoms with Crippen LogP contribution in [-0.2, 0) is 20.3 Å². The summed E-state index contributed by atoms with van der Waals surface area (Å²) in [5, 5.41) is 33.3. The van der Waals surface area contributed by atoms with Gasteiger partial charge in [-0.15, -0.1) is 0 Å². The van der Waals surface area contributed by atoms with E-state index in [4.69, 9.17) is 31.1 Å². The number of hydrogen-bond donors (Lipinski definition) is 4. The third-order valence-corrected chi connectivity index (χ3v) is 5.80. The maximum atomic E-state index is 8.36. The van der Waals surface area contributed by atoms with Gasteiger partial charge in [0.15, 0.2) is 0 Å². The van der Waals surface area contributed by atoms with Crippen molar-refractivity contribution in [3.63, 3.8) is 0 Å². The highest BCUT2D eigenvalue weighted by Gasteiger charge is 2.17. The van der Waals surface area contributed by atoms with Crippen LogP contribution in [0.5, 0.6) is 0 Å². The van der Waals surface area contributed by atoms with E-state index in [-0.39, 0.29) is 40.0 Å². The lowest BCUT2D eigenvalue weighted by Gasteiger charge is -2.19. The van der Waals surface area contributed by atoms with Gasteiger partial charge in [0.25, 0.3) is 0 Å². The van der Waals surface area contributed by atoms with Crippen LogP contribution in [-0.4, -0.2) is 23.6 Å². The van der Waals surface area contributed by atoms with Crippen molar-refractivity contribution in [3.8, 4) is 0 Å². The molecule has 37 heavy (non-hydrogen) atoms. The zero-order valence-electron chi connectivity index (χ0n) is 22.9. The molecule has 0 fully saturated rings. The van der Waals surface area contributed by atoms with Crippen molar-refractivity contribution in [3.05, 3.63) is 107 Å². The van der Waals surface area contributed by atoms with E-state index in [1.807, 2.05) is 24.3 Å². The van der Waals surface area contributed by atoms with Gasteiger partial charge in [-0.1, -0.05) is 84.5 Å². The van der Waals surface area contributed by atoms with Gasteiger partial charge < -0.3 is 9.47 Å². The number of nitrogens with one attached hydrogen (secondary N) is 4. The maximum Gasteiger partial charge on any atom is 0.221 e. The number of allylic oxidation sites excluding steroid dienone is 1. The predicted molar refractivity (Wildman–Crippen MR) is 154 cm³/mol. The minimum atomic E-state index is -0.278. The van der Waals surface area contributed by atoms with E-state index in [2.05, 4.69) is 48.1 Å². The molecule has 0 aliphatic rings. The number of rotatable bonds is 6. The van der Waals surface area contributed by atoms with Gasteiger partial charge in [-0.25, -0.2) is 0 Å². The zero-order chi connectivity index (χ0) is 28.0. The van der Waals surface area contributed by atoms with Crippen LogP contribution in [0.3, 0.4) is 0 Å². The van der Waals surface area contributed by atoms with E-state index in [0.717, 1.165) is 11.1 Å². The van der Waals surface area contributed by atoms with Gasteiger partial charge in [0, 0.05) is 22.3 Å². The Bertz CT molecular complexity index is 1250. The molecule has 2 rings (SSSR count). The van der Waals surface area contributed by atoms with Gasteiger partial charge in [0.05, 0.1) is 0 Å². The Morgan fingerprint density at radius 1 is 0.649 bits per heavy atom. The van der Waals surface area contributed by atoms with Gasteiger partial charge in [-0.05, 0) is 59.2 Å². The fourth-order valence-electron chi connectivity index (χ4n) is 3.35. The lowest BCUT2D eigenvalue weighted by Crippen LogP contribution is -2.17. The molecule has 0 aromatic heterocycles. The first-order valence-electron chi connectivity index (χ1n) is 12.1. The van der Waals surface area contributed by atoms with Crippen LogP contribution in [0.4, 0.5) is 0 Å². The molecule has 0 aliphatic carbocycles. The molecular weight excluding hydrogens is 460 g/mol. The first-order chi connectivity index (χ1) is 17.2. The topological polar surface area (TPSA) is 114 Å². The average molecular weight is 499 g/mol.